The molecule has 2 aromatic carbocycles. The van der Waals surface area contributed by atoms with Crippen LogP contribution in [0.5, 0.6) is 5.75 Å². The van der Waals surface area contributed by atoms with Gasteiger partial charge in [0.15, 0.2) is 0 Å². The van der Waals surface area contributed by atoms with Gasteiger partial charge < -0.3 is 4.74 Å². The molecule has 0 aromatic heterocycles. The lowest BCUT2D eigenvalue weighted by Gasteiger charge is -2.09. The van der Waals surface area contributed by atoms with Gasteiger partial charge in [0.05, 0.1) is 16.7 Å². The van der Waals surface area contributed by atoms with Crippen LogP contribution in [-0.4, -0.2) is 0 Å². The fourth-order valence-corrected chi connectivity index (χ4v) is 1.88. The van der Waals surface area contributed by atoms with E-state index < -0.39 is 5.82 Å². The van der Waals surface area contributed by atoms with Gasteiger partial charge >= 0.3 is 0 Å². The van der Waals surface area contributed by atoms with Crippen molar-refractivity contribution in [2.24, 2.45) is 0 Å². The first-order chi connectivity index (χ1) is 9.10. The average Bonchev–Trinajstić information content (AvgIpc) is 2.39. The SMILES string of the molecule is N#Cc1ccc(OCc2ccc(Cl)cc2F)c(Cl)c1. The van der Waals surface area contributed by atoms with E-state index in [1.807, 2.05) is 6.07 Å². The molecule has 2 nitrogen and oxygen atoms in total. The quantitative estimate of drug-likeness (QED) is 0.830. The fraction of sp³-hybridized carbons (Fsp3) is 0.0714. The first-order valence-corrected chi connectivity index (χ1v) is 6.12. The third-order valence-corrected chi connectivity index (χ3v) is 2.99. The molecule has 0 aliphatic carbocycles. The van der Waals surface area contributed by atoms with Gasteiger partial charge in [-0.25, -0.2) is 4.39 Å². The van der Waals surface area contributed by atoms with Crippen LogP contribution >= 0.6 is 23.2 Å². The molecular weight excluding hydrogens is 288 g/mol. The van der Waals surface area contributed by atoms with Crippen molar-refractivity contribution in [1.29, 1.82) is 5.26 Å². The third-order valence-electron chi connectivity index (χ3n) is 2.46. The second kappa shape index (κ2) is 5.92. The Labute approximate surface area is 119 Å². The number of rotatable bonds is 3. The summed E-state index contributed by atoms with van der Waals surface area (Å²) in [5.74, 6) is -0.0349. The molecular formula is C14H8Cl2FNO. The zero-order chi connectivity index (χ0) is 13.8. The van der Waals surface area contributed by atoms with E-state index in [2.05, 4.69) is 0 Å². The fourth-order valence-electron chi connectivity index (χ4n) is 1.48. The highest BCUT2D eigenvalue weighted by Crippen LogP contribution is 2.26. The summed E-state index contributed by atoms with van der Waals surface area (Å²) in [4.78, 5) is 0. The maximum atomic E-state index is 13.5. The second-order valence-corrected chi connectivity index (χ2v) is 4.63. The highest BCUT2D eigenvalue weighted by Gasteiger charge is 2.07. The van der Waals surface area contributed by atoms with E-state index in [1.165, 1.54) is 12.1 Å². The molecule has 5 heteroatoms. The summed E-state index contributed by atoms with van der Waals surface area (Å²) in [6, 6.07) is 11.0. The number of ether oxygens (including phenoxy) is 1. The summed E-state index contributed by atoms with van der Waals surface area (Å²) >= 11 is 11.6. The van der Waals surface area contributed by atoms with Crippen LogP contribution in [0.4, 0.5) is 4.39 Å². The molecule has 0 radical (unpaired) electrons. The van der Waals surface area contributed by atoms with Crippen LogP contribution in [0.2, 0.25) is 10.0 Å². The minimum Gasteiger partial charge on any atom is -0.487 e. The predicted octanol–water partition coefficient (Wildman–Crippen LogP) is 4.58. The standard InChI is InChI=1S/C14H8Cl2FNO/c15-11-3-2-10(13(17)6-11)8-19-14-4-1-9(7-18)5-12(14)16/h1-6H,8H2. The summed E-state index contributed by atoms with van der Waals surface area (Å²) in [5.41, 5.74) is 0.819. The normalized spacial score (nSPS) is 10.0. The van der Waals surface area contributed by atoms with Crippen molar-refractivity contribution in [2.75, 3.05) is 0 Å². The van der Waals surface area contributed by atoms with Crippen molar-refractivity contribution < 1.29 is 9.13 Å². The smallest absolute Gasteiger partial charge is 0.138 e. The average molecular weight is 296 g/mol. The lowest BCUT2D eigenvalue weighted by Crippen LogP contribution is -1.99. The summed E-state index contributed by atoms with van der Waals surface area (Å²) < 4.78 is 19.0. The summed E-state index contributed by atoms with van der Waals surface area (Å²) in [6.45, 7) is 0.0363. The minimum atomic E-state index is -0.433. The Hall–Kier alpha value is -1.76. The third kappa shape index (κ3) is 3.37. The topological polar surface area (TPSA) is 33.0 Å². The number of halogens is 3. The number of hydrogen-bond donors (Lipinski definition) is 0. The number of hydrogen-bond acceptors (Lipinski definition) is 2. The van der Waals surface area contributed by atoms with Crippen molar-refractivity contribution in [1.82, 2.24) is 0 Å². The highest BCUT2D eigenvalue weighted by atomic mass is 35.5. The minimum absolute atomic E-state index is 0.0363. The van der Waals surface area contributed by atoms with E-state index in [1.54, 1.807) is 24.3 Å². The largest absolute Gasteiger partial charge is 0.487 e. The molecule has 19 heavy (non-hydrogen) atoms. The van der Waals surface area contributed by atoms with Gasteiger partial charge in [-0.2, -0.15) is 5.26 Å². The number of benzene rings is 2. The van der Waals surface area contributed by atoms with E-state index in [9.17, 15) is 4.39 Å². The molecule has 0 amide bonds. The van der Waals surface area contributed by atoms with Crippen molar-refractivity contribution >= 4 is 23.2 Å². The Morgan fingerprint density at radius 2 is 1.95 bits per heavy atom. The molecule has 0 aliphatic rings. The van der Waals surface area contributed by atoms with Crippen LogP contribution in [-0.2, 0) is 6.61 Å². The van der Waals surface area contributed by atoms with Gasteiger partial charge in [0.2, 0.25) is 0 Å². The van der Waals surface area contributed by atoms with Crippen LogP contribution in [0.15, 0.2) is 36.4 Å². The predicted molar refractivity (Wildman–Crippen MR) is 71.9 cm³/mol. The molecule has 0 unspecified atom stereocenters. The number of nitrogens with zero attached hydrogens (tertiary/aromatic N) is 1. The molecule has 0 bridgehead atoms. The molecule has 2 rings (SSSR count). The number of nitriles is 1. The van der Waals surface area contributed by atoms with Crippen molar-refractivity contribution in [3.05, 3.63) is 63.4 Å². The second-order valence-electron chi connectivity index (χ2n) is 3.78. The molecule has 0 N–H and O–H groups in total. The van der Waals surface area contributed by atoms with Crippen molar-refractivity contribution in [2.45, 2.75) is 6.61 Å². The van der Waals surface area contributed by atoms with Gasteiger partial charge in [-0.1, -0.05) is 29.3 Å². The first-order valence-electron chi connectivity index (χ1n) is 5.36. The van der Waals surface area contributed by atoms with E-state index in [-0.39, 0.29) is 6.61 Å². The van der Waals surface area contributed by atoms with Crippen LogP contribution < -0.4 is 4.74 Å². The van der Waals surface area contributed by atoms with Crippen LogP contribution in [0.1, 0.15) is 11.1 Å². The zero-order valence-corrected chi connectivity index (χ0v) is 11.2. The Morgan fingerprint density at radius 1 is 1.16 bits per heavy atom. The highest BCUT2D eigenvalue weighted by molar-refractivity contribution is 6.32. The van der Waals surface area contributed by atoms with Crippen LogP contribution in [0.25, 0.3) is 0 Å². The summed E-state index contributed by atoms with van der Waals surface area (Å²) in [5, 5.41) is 9.36. The van der Waals surface area contributed by atoms with Gasteiger partial charge in [0.25, 0.3) is 0 Å². The van der Waals surface area contributed by atoms with Crippen LogP contribution in [0, 0.1) is 17.1 Å². The Balaban J connectivity index is 2.13. The summed E-state index contributed by atoms with van der Waals surface area (Å²) in [7, 11) is 0. The molecule has 0 saturated carbocycles. The Morgan fingerprint density at radius 3 is 2.58 bits per heavy atom. The Kier molecular flexibility index (Phi) is 4.26. The maximum Gasteiger partial charge on any atom is 0.138 e. The molecule has 0 atom stereocenters. The monoisotopic (exact) mass is 295 g/mol. The molecule has 0 spiro atoms. The van der Waals surface area contributed by atoms with E-state index in [0.29, 0.717) is 26.9 Å². The zero-order valence-electron chi connectivity index (χ0n) is 9.66. The van der Waals surface area contributed by atoms with Gasteiger partial charge in [-0.3, -0.25) is 0 Å². The van der Waals surface area contributed by atoms with Crippen molar-refractivity contribution in [3.63, 3.8) is 0 Å². The van der Waals surface area contributed by atoms with E-state index in [0.717, 1.165) is 0 Å². The molecule has 0 saturated heterocycles. The lowest BCUT2D eigenvalue weighted by atomic mass is 10.2. The molecule has 96 valence electrons. The lowest BCUT2D eigenvalue weighted by molar-refractivity contribution is 0.300. The summed E-state index contributed by atoms with van der Waals surface area (Å²) in [6.07, 6.45) is 0. The first kappa shape index (κ1) is 13.7. The Bertz CT molecular complexity index is 652. The maximum absolute atomic E-state index is 13.5. The molecule has 0 fully saturated rings. The molecule has 2 aromatic rings. The molecule has 0 aliphatic heterocycles. The van der Waals surface area contributed by atoms with Gasteiger partial charge in [0.1, 0.15) is 18.2 Å². The van der Waals surface area contributed by atoms with Gasteiger partial charge in [-0.15, -0.1) is 0 Å². The van der Waals surface area contributed by atoms with Crippen molar-refractivity contribution in [3.8, 4) is 11.8 Å². The molecule has 0 heterocycles. The van der Waals surface area contributed by atoms with Crippen LogP contribution in [0.3, 0.4) is 0 Å². The van der Waals surface area contributed by atoms with Gasteiger partial charge in [-0.05, 0) is 30.3 Å². The van der Waals surface area contributed by atoms with E-state index >= 15 is 0 Å². The van der Waals surface area contributed by atoms with Gasteiger partial charge in [0, 0.05) is 10.6 Å². The van der Waals surface area contributed by atoms with E-state index in [4.69, 9.17) is 33.2 Å².